The molecule has 32 heteroatoms. The second-order valence-corrected chi connectivity index (χ2v) is 70.7. The number of rotatable bonds is 52. The Balaban J connectivity index is 5.13. The Bertz CT molecular complexity index is 1110. The fourth-order valence-corrected chi connectivity index (χ4v) is 102. The molecule has 4 atom stereocenters. The summed E-state index contributed by atoms with van der Waals surface area (Å²) in [6, 6.07) is 0. The molecule has 438 valence electrons. The molecule has 0 aromatic heterocycles. The molecule has 0 aromatic rings. The van der Waals surface area contributed by atoms with Crippen molar-refractivity contribution >= 4 is 191 Å². The molecule has 4 unspecified atom stereocenters. The lowest BCUT2D eigenvalue weighted by molar-refractivity contribution is 0.0958. The van der Waals surface area contributed by atoms with Crippen molar-refractivity contribution in [3.63, 3.8) is 0 Å². The third kappa shape index (κ3) is 24.7. The molecule has 1 fully saturated rings. The fourth-order valence-electron chi connectivity index (χ4n) is 6.14. The zero-order chi connectivity index (χ0) is 54.5. The first kappa shape index (κ1) is 77.0. The quantitative estimate of drug-likeness (QED) is 0.0189. The molecule has 0 amide bonds. The van der Waals surface area contributed by atoms with Crippen LogP contribution in [0.2, 0.25) is 0 Å². The van der Waals surface area contributed by atoms with E-state index in [0.29, 0.717) is 79.3 Å². The van der Waals surface area contributed by atoms with Gasteiger partial charge in [0.15, 0.2) is 81.1 Å². The van der Waals surface area contributed by atoms with Crippen LogP contribution in [0.15, 0.2) is 0 Å². The fraction of sp³-hybridized carbons (Fsp3) is 1.00. The largest absolute Gasteiger partial charge is 0.808 e. The lowest BCUT2D eigenvalue weighted by atomic mass is 10.3. The van der Waals surface area contributed by atoms with Crippen LogP contribution in [0.1, 0.15) is 156 Å². The van der Waals surface area contributed by atoms with Gasteiger partial charge in [-0.25, -0.2) is 0 Å². The molecule has 0 heterocycles. The normalized spacial score (nSPS) is 19.7. The summed E-state index contributed by atoms with van der Waals surface area (Å²) < 4.78 is 83.1. The zero-order valence-electron chi connectivity index (χ0n) is 46.7. The first-order valence-electron chi connectivity index (χ1n) is 26.0. The van der Waals surface area contributed by atoms with Gasteiger partial charge in [-0.3, -0.25) is 0 Å². The monoisotopic (exact) mass is 1400 g/mol. The molecule has 0 aliphatic heterocycles. The van der Waals surface area contributed by atoms with Gasteiger partial charge in [0, 0.05) is 102 Å². The molecule has 12 nitrogen and oxygen atoms in total. The minimum Gasteiger partial charge on any atom is -0.331 e. The molecule has 0 N–H and O–H groups in total. The van der Waals surface area contributed by atoms with Crippen LogP contribution in [-0.2, 0) is 86.7 Å². The van der Waals surface area contributed by atoms with Crippen molar-refractivity contribution in [1.82, 2.24) is 0 Å². The molecule has 0 radical (unpaired) electrons. The van der Waals surface area contributed by atoms with Gasteiger partial charge in [0.1, 0.15) is 43.2 Å². The van der Waals surface area contributed by atoms with Gasteiger partial charge in [0.25, 0.3) is 0 Å². The van der Waals surface area contributed by atoms with E-state index in [2.05, 4.69) is 111 Å². The van der Waals surface area contributed by atoms with E-state index in [1.54, 1.807) is 0 Å². The van der Waals surface area contributed by atoms with Crippen LogP contribution >= 0.6 is 126 Å². The first-order chi connectivity index (χ1) is 35.3. The maximum atomic E-state index is 7.03. The topological polar surface area (TPSA) is 111 Å². The average Bonchev–Trinajstić information content (AvgIpc) is 3.69. The summed E-state index contributed by atoms with van der Waals surface area (Å²) in [6.45, 7) is 39.6. The summed E-state index contributed by atoms with van der Waals surface area (Å²) in [7, 11) is 7.07. The van der Waals surface area contributed by atoms with E-state index in [1.807, 2.05) is 126 Å². The highest BCUT2D eigenvalue weighted by atomic mass is 33.8. The van der Waals surface area contributed by atoms with Crippen molar-refractivity contribution in [3.8, 4) is 0 Å². The summed E-state index contributed by atoms with van der Waals surface area (Å²) >= 11 is 0. The summed E-state index contributed by atoms with van der Waals surface area (Å²) in [6.07, 6.45) is 6.90. The average molecular weight is 1400 g/mol. The van der Waals surface area contributed by atoms with Crippen LogP contribution in [0.5, 0.6) is 0 Å². The smallest absolute Gasteiger partial charge is 0.331 e. The maximum Gasteiger partial charge on any atom is 0.808 e. The van der Waals surface area contributed by atoms with Gasteiger partial charge in [-0.2, -0.15) is 0 Å². The molecular formula is C41H94O12S16Si4+4. The van der Waals surface area contributed by atoms with Gasteiger partial charge < -0.3 is 53.1 Å². The summed E-state index contributed by atoms with van der Waals surface area (Å²) in [5.41, 5.74) is 0. The van der Waals surface area contributed by atoms with E-state index in [-0.39, 0.29) is 0 Å². The van der Waals surface area contributed by atoms with E-state index in [9.17, 15) is 0 Å². The van der Waals surface area contributed by atoms with Gasteiger partial charge in [0.05, 0.1) is 0 Å². The number of hydrogen-bond acceptors (Lipinski definition) is 24. The van der Waals surface area contributed by atoms with E-state index in [4.69, 9.17) is 53.1 Å². The van der Waals surface area contributed by atoms with Crippen molar-refractivity contribution < 1.29 is 53.1 Å². The van der Waals surface area contributed by atoms with Crippen molar-refractivity contribution in [1.29, 1.82) is 0 Å². The predicted molar refractivity (Wildman–Crippen MR) is 363 cm³/mol. The standard InChI is InChI=1S/C41H94O12S16Si4/c1-17-36-54-62-66(70(42-21-5,43-22-6)44-23-7)58-40(59-67(63-55-37-18-2)71(45-24-8,46-25-9)47-26-10)34-33-35-41(40,60-68(64-56-38-19-3)72(48-27-11,49-28-12)50-29-13)61-69(65-57-39-20-4)73(51-30-14,52-31-15)53-32-16/h17-39H2,1-16H3/q+4. The Morgan fingerprint density at radius 1 is 0.288 bits per heavy atom. The van der Waals surface area contributed by atoms with Crippen molar-refractivity contribution in [2.24, 2.45) is 0 Å². The SMILES string of the molecule is CCCSS[S+](SC1(S[S+](SSCCC)[Si](OCC)(OCC)OCC)CCCC1(S[S+](SSCCC)[Si](OCC)(OCC)OCC)S[S+](SSCCC)[Si](OCC)(OCC)OCC)[Si](OCC)(OCC)OCC. The Morgan fingerprint density at radius 2 is 0.452 bits per heavy atom. The molecule has 1 rings (SSSR count). The molecule has 0 saturated heterocycles. The molecular weight excluding hydrogens is 1310 g/mol. The molecule has 0 spiro atoms. The molecule has 1 saturated carbocycles. The first-order valence-corrected chi connectivity index (χ1v) is 57.3. The molecule has 1 aliphatic carbocycles. The van der Waals surface area contributed by atoms with Gasteiger partial charge in [-0.05, 0) is 171 Å². The van der Waals surface area contributed by atoms with Crippen molar-refractivity contribution in [2.45, 2.75) is 164 Å². The summed E-state index contributed by atoms with van der Waals surface area (Å²) in [5, 5.41) is 0. The predicted octanol–water partition coefficient (Wildman–Crippen LogP) is 16.6. The Kier molecular flexibility index (Phi) is 47.8. The summed E-state index contributed by atoms with van der Waals surface area (Å²) in [4.78, 5) is 0. The van der Waals surface area contributed by atoms with Crippen LogP contribution in [0.25, 0.3) is 0 Å². The molecule has 0 aromatic carbocycles. The lowest BCUT2D eigenvalue weighted by Gasteiger charge is -2.39. The maximum absolute atomic E-state index is 7.03. The van der Waals surface area contributed by atoms with E-state index in [1.165, 1.54) is 0 Å². The van der Waals surface area contributed by atoms with Gasteiger partial charge >= 0.3 is 31.8 Å². The van der Waals surface area contributed by atoms with Gasteiger partial charge in [-0.15, -0.1) is 0 Å². The molecule has 73 heavy (non-hydrogen) atoms. The highest BCUT2D eigenvalue weighted by molar-refractivity contribution is 9.34. The van der Waals surface area contributed by atoms with Gasteiger partial charge in [-0.1, -0.05) is 27.7 Å². The van der Waals surface area contributed by atoms with Gasteiger partial charge in [0.2, 0.25) is 0 Å². The molecule has 1 aliphatic rings. The van der Waals surface area contributed by atoms with Crippen LogP contribution in [-0.4, -0.2) is 142 Å². The summed E-state index contributed by atoms with van der Waals surface area (Å²) in [5.74, 6) is 3.95. The number of hydrogen-bond donors (Lipinski definition) is 0. The highest BCUT2D eigenvalue weighted by Gasteiger charge is 2.84. The van der Waals surface area contributed by atoms with Crippen molar-refractivity contribution in [2.75, 3.05) is 102 Å². The van der Waals surface area contributed by atoms with E-state index in [0.717, 1.165) is 68.0 Å². The Labute approximate surface area is 504 Å². The second-order valence-electron chi connectivity index (χ2n) is 14.4. The minimum atomic E-state index is -3.44. The van der Waals surface area contributed by atoms with E-state index >= 15 is 0 Å². The third-order valence-corrected chi connectivity index (χ3v) is 88.3. The third-order valence-electron chi connectivity index (χ3n) is 8.69. The van der Waals surface area contributed by atoms with Crippen molar-refractivity contribution in [3.05, 3.63) is 0 Å². The van der Waals surface area contributed by atoms with E-state index < -0.39 is 73.6 Å². The molecule has 0 bridgehead atoms. The zero-order valence-corrected chi connectivity index (χ0v) is 63.8. The second kappa shape index (κ2) is 45.3. The minimum absolute atomic E-state index is 0.479. The Hall–Kier alpha value is 5.99. The van der Waals surface area contributed by atoms with Crippen LogP contribution in [0.3, 0.4) is 0 Å². The van der Waals surface area contributed by atoms with Crippen LogP contribution in [0.4, 0.5) is 0 Å². The Morgan fingerprint density at radius 3 is 0.589 bits per heavy atom. The lowest BCUT2D eigenvalue weighted by Crippen LogP contribution is -2.58. The highest BCUT2D eigenvalue weighted by Crippen LogP contribution is 2.76. The van der Waals surface area contributed by atoms with Crippen LogP contribution in [0, 0.1) is 0 Å². The van der Waals surface area contributed by atoms with Crippen LogP contribution < -0.4 is 0 Å².